The van der Waals surface area contributed by atoms with Crippen LogP contribution in [0.5, 0.6) is 0 Å². The first kappa shape index (κ1) is 17.1. The van der Waals surface area contributed by atoms with Gasteiger partial charge < -0.3 is 15.3 Å². The predicted octanol–water partition coefficient (Wildman–Crippen LogP) is 1.74. The number of carboxylic acid groups (broad SMARTS) is 1. The van der Waals surface area contributed by atoms with Gasteiger partial charge in [-0.15, -0.1) is 0 Å². The van der Waals surface area contributed by atoms with E-state index in [-0.39, 0.29) is 18.1 Å². The molecule has 1 aromatic carbocycles. The number of aliphatic carboxylic acids is 1. The minimum atomic E-state index is -0.796. The number of nitrogens with one attached hydrogen (secondary N) is 1. The molecule has 0 bridgehead atoms. The predicted molar refractivity (Wildman–Crippen MR) is 77.7 cm³/mol. The first-order valence-corrected chi connectivity index (χ1v) is 7.01. The summed E-state index contributed by atoms with van der Waals surface area (Å²) in [6, 6.07) is 5.38. The van der Waals surface area contributed by atoms with Crippen LogP contribution in [0.2, 0.25) is 0 Å². The molecule has 116 valence electrons. The van der Waals surface area contributed by atoms with Crippen LogP contribution in [-0.4, -0.2) is 48.1 Å². The van der Waals surface area contributed by atoms with Crippen LogP contribution in [0.1, 0.15) is 30.1 Å². The molecule has 0 radical (unpaired) electrons. The summed E-state index contributed by atoms with van der Waals surface area (Å²) in [4.78, 5) is 24.3. The van der Waals surface area contributed by atoms with Crippen LogP contribution < -0.4 is 5.32 Å². The van der Waals surface area contributed by atoms with Gasteiger partial charge in [-0.25, -0.2) is 4.39 Å². The number of hydrogen-bond donors (Lipinski definition) is 2. The van der Waals surface area contributed by atoms with Crippen molar-refractivity contribution in [3.05, 3.63) is 35.6 Å². The highest BCUT2D eigenvalue weighted by Crippen LogP contribution is 2.02. The summed E-state index contributed by atoms with van der Waals surface area (Å²) in [6.45, 7) is 4.60. The summed E-state index contributed by atoms with van der Waals surface area (Å²) in [5.74, 6) is -1.41. The first-order valence-electron chi connectivity index (χ1n) is 7.01. The third-order valence-corrected chi connectivity index (χ3v) is 3.13. The normalized spacial score (nSPS) is 10.6. The van der Waals surface area contributed by atoms with Crippen molar-refractivity contribution < 1.29 is 19.1 Å². The van der Waals surface area contributed by atoms with Gasteiger partial charge >= 0.3 is 5.97 Å². The van der Waals surface area contributed by atoms with Crippen molar-refractivity contribution in [2.45, 2.75) is 19.8 Å². The fourth-order valence-electron chi connectivity index (χ4n) is 1.91. The number of carboxylic acids is 1. The SMILES string of the molecule is CCN(CCCC(=O)O)CCNC(=O)c1ccc(F)cc1. The second-order valence-corrected chi connectivity index (χ2v) is 4.69. The number of benzene rings is 1. The van der Waals surface area contributed by atoms with E-state index in [4.69, 9.17) is 5.11 Å². The van der Waals surface area contributed by atoms with Crippen LogP contribution in [0.4, 0.5) is 4.39 Å². The van der Waals surface area contributed by atoms with Gasteiger partial charge in [-0.3, -0.25) is 9.59 Å². The molecule has 6 heteroatoms. The lowest BCUT2D eigenvalue weighted by atomic mass is 10.2. The minimum absolute atomic E-state index is 0.151. The Morgan fingerprint density at radius 2 is 1.90 bits per heavy atom. The van der Waals surface area contributed by atoms with E-state index in [1.54, 1.807) is 0 Å². The Morgan fingerprint density at radius 3 is 2.48 bits per heavy atom. The van der Waals surface area contributed by atoms with Gasteiger partial charge in [-0.2, -0.15) is 0 Å². The number of carbonyl (C=O) groups is 2. The van der Waals surface area contributed by atoms with Crippen molar-refractivity contribution in [2.24, 2.45) is 0 Å². The second kappa shape index (κ2) is 9.07. The molecular formula is C15H21FN2O3. The van der Waals surface area contributed by atoms with Crippen LogP contribution in [0.25, 0.3) is 0 Å². The molecule has 0 aliphatic rings. The van der Waals surface area contributed by atoms with Crippen molar-refractivity contribution in [2.75, 3.05) is 26.2 Å². The average Bonchev–Trinajstić information content (AvgIpc) is 2.45. The van der Waals surface area contributed by atoms with Gasteiger partial charge in [0.1, 0.15) is 5.82 Å². The zero-order valence-electron chi connectivity index (χ0n) is 12.1. The molecule has 0 heterocycles. The Labute approximate surface area is 123 Å². The molecule has 0 atom stereocenters. The summed E-state index contributed by atoms with van der Waals surface area (Å²) in [5, 5.41) is 11.4. The van der Waals surface area contributed by atoms with Gasteiger partial charge in [-0.1, -0.05) is 6.92 Å². The number of likely N-dealkylation sites (N-methyl/N-ethyl adjacent to an activating group) is 1. The number of amides is 1. The Morgan fingerprint density at radius 1 is 1.24 bits per heavy atom. The Bertz CT molecular complexity index is 462. The first-order chi connectivity index (χ1) is 10.0. The van der Waals surface area contributed by atoms with Crippen LogP contribution in [0, 0.1) is 5.82 Å². The van der Waals surface area contributed by atoms with Crippen LogP contribution in [0.15, 0.2) is 24.3 Å². The molecule has 5 nitrogen and oxygen atoms in total. The number of hydrogen-bond acceptors (Lipinski definition) is 3. The summed E-state index contributed by atoms with van der Waals surface area (Å²) >= 11 is 0. The largest absolute Gasteiger partial charge is 0.481 e. The van der Waals surface area contributed by atoms with Crippen LogP contribution in [0.3, 0.4) is 0 Å². The minimum Gasteiger partial charge on any atom is -0.481 e. The smallest absolute Gasteiger partial charge is 0.303 e. The number of nitrogens with zero attached hydrogens (tertiary/aromatic N) is 1. The highest BCUT2D eigenvalue weighted by molar-refractivity contribution is 5.94. The van der Waals surface area contributed by atoms with Crippen molar-refractivity contribution in [3.63, 3.8) is 0 Å². The standard InChI is InChI=1S/C15H21FN2O3/c1-2-18(10-3-4-14(19)20)11-9-17-15(21)12-5-7-13(16)8-6-12/h5-8H,2-4,9-11H2,1H3,(H,17,21)(H,19,20). The third-order valence-electron chi connectivity index (χ3n) is 3.13. The topological polar surface area (TPSA) is 69.6 Å². The molecule has 0 aliphatic heterocycles. The maximum Gasteiger partial charge on any atom is 0.303 e. The summed E-state index contributed by atoms with van der Waals surface area (Å²) in [5.41, 5.74) is 0.422. The van der Waals surface area contributed by atoms with E-state index >= 15 is 0 Å². The molecule has 1 amide bonds. The zero-order valence-corrected chi connectivity index (χ0v) is 12.1. The lowest BCUT2D eigenvalue weighted by Crippen LogP contribution is -2.35. The summed E-state index contributed by atoms with van der Waals surface area (Å²) in [7, 11) is 0. The molecule has 1 aromatic rings. The van der Waals surface area contributed by atoms with Gasteiger partial charge in [0.15, 0.2) is 0 Å². The molecular weight excluding hydrogens is 275 g/mol. The Hall–Kier alpha value is -1.95. The molecule has 1 rings (SSSR count). The highest BCUT2D eigenvalue weighted by Gasteiger charge is 2.07. The molecule has 0 saturated carbocycles. The monoisotopic (exact) mass is 296 g/mol. The van der Waals surface area contributed by atoms with E-state index in [2.05, 4.69) is 10.2 Å². The van der Waals surface area contributed by atoms with Gasteiger partial charge in [0.25, 0.3) is 5.91 Å². The molecule has 0 aromatic heterocycles. The van der Waals surface area contributed by atoms with Gasteiger partial charge in [-0.05, 0) is 43.8 Å². The Balaban J connectivity index is 2.28. The van der Waals surface area contributed by atoms with Gasteiger partial charge in [0.2, 0.25) is 0 Å². The fraction of sp³-hybridized carbons (Fsp3) is 0.467. The maximum atomic E-state index is 12.7. The molecule has 0 fully saturated rings. The number of carbonyl (C=O) groups excluding carboxylic acids is 1. The van der Waals surface area contributed by atoms with E-state index in [0.717, 1.165) is 6.54 Å². The summed E-state index contributed by atoms with van der Waals surface area (Å²) < 4.78 is 12.7. The van der Waals surface area contributed by atoms with E-state index in [1.807, 2.05) is 6.92 Å². The van der Waals surface area contributed by atoms with Crippen molar-refractivity contribution in [3.8, 4) is 0 Å². The van der Waals surface area contributed by atoms with E-state index < -0.39 is 5.97 Å². The van der Waals surface area contributed by atoms with E-state index in [9.17, 15) is 14.0 Å². The van der Waals surface area contributed by atoms with Crippen molar-refractivity contribution in [1.29, 1.82) is 0 Å². The highest BCUT2D eigenvalue weighted by atomic mass is 19.1. The quantitative estimate of drug-likeness (QED) is 0.728. The van der Waals surface area contributed by atoms with Crippen molar-refractivity contribution >= 4 is 11.9 Å². The zero-order chi connectivity index (χ0) is 15.7. The van der Waals surface area contributed by atoms with E-state index in [1.165, 1.54) is 24.3 Å². The summed E-state index contributed by atoms with van der Waals surface area (Å²) in [6.07, 6.45) is 0.744. The lowest BCUT2D eigenvalue weighted by Gasteiger charge is -2.20. The fourth-order valence-corrected chi connectivity index (χ4v) is 1.91. The average molecular weight is 296 g/mol. The molecule has 21 heavy (non-hydrogen) atoms. The van der Waals surface area contributed by atoms with Gasteiger partial charge in [0.05, 0.1) is 0 Å². The van der Waals surface area contributed by atoms with Crippen molar-refractivity contribution in [1.82, 2.24) is 10.2 Å². The lowest BCUT2D eigenvalue weighted by molar-refractivity contribution is -0.137. The second-order valence-electron chi connectivity index (χ2n) is 4.69. The number of halogens is 1. The molecule has 0 saturated heterocycles. The molecule has 2 N–H and O–H groups in total. The Kier molecular flexibility index (Phi) is 7.39. The molecule has 0 spiro atoms. The third kappa shape index (κ3) is 6.85. The molecule has 0 aliphatic carbocycles. The number of rotatable bonds is 9. The molecule has 0 unspecified atom stereocenters. The van der Waals surface area contributed by atoms with E-state index in [0.29, 0.717) is 31.6 Å². The maximum absolute atomic E-state index is 12.7. The van der Waals surface area contributed by atoms with Gasteiger partial charge in [0, 0.05) is 25.1 Å². The van der Waals surface area contributed by atoms with Crippen LogP contribution >= 0.6 is 0 Å². The van der Waals surface area contributed by atoms with Crippen LogP contribution in [-0.2, 0) is 4.79 Å².